The van der Waals surface area contributed by atoms with Crippen LogP contribution in [0.1, 0.15) is 15.9 Å². The van der Waals surface area contributed by atoms with Gasteiger partial charge in [-0.1, -0.05) is 11.6 Å². The number of aliphatic hydroxyl groups is 1. The molecule has 3 aromatic rings. The average Bonchev–Trinajstić information content (AvgIpc) is 2.54. The van der Waals surface area contributed by atoms with Crippen LogP contribution in [0.2, 0.25) is 5.02 Å². The van der Waals surface area contributed by atoms with Crippen molar-refractivity contribution in [2.24, 2.45) is 0 Å². The highest BCUT2D eigenvalue weighted by Crippen LogP contribution is 2.31. The number of carbonyl (C=O) groups excluding carboxylic acids is 1. The Morgan fingerprint density at radius 1 is 1.26 bits per heavy atom. The number of ether oxygens (including phenoxy) is 1. The molecule has 1 aromatic heterocycles. The van der Waals surface area contributed by atoms with Crippen molar-refractivity contribution < 1.29 is 24.2 Å². The smallest absolute Gasteiger partial charge is 0.340 e. The van der Waals surface area contributed by atoms with Gasteiger partial charge in [0.15, 0.2) is 0 Å². The summed E-state index contributed by atoms with van der Waals surface area (Å²) < 4.78 is 10.3. The number of carbonyl (C=O) groups is 1. The molecule has 3 rings (SSSR count). The van der Waals surface area contributed by atoms with Gasteiger partial charge in [0.1, 0.15) is 22.3 Å². The largest absolute Gasteiger partial charge is 0.507 e. The molecule has 0 aliphatic rings. The molecule has 118 valence electrons. The van der Waals surface area contributed by atoms with Gasteiger partial charge in [-0.15, -0.1) is 0 Å². The molecule has 23 heavy (non-hydrogen) atoms. The summed E-state index contributed by atoms with van der Waals surface area (Å²) in [5.41, 5.74) is -0.106. The Balaban J connectivity index is 2.55. The molecule has 0 aliphatic heterocycles. The molecule has 2 N–H and O–H groups in total. The van der Waals surface area contributed by atoms with Crippen LogP contribution in [0.5, 0.6) is 5.75 Å². The van der Waals surface area contributed by atoms with E-state index in [1.165, 1.54) is 31.4 Å². The lowest BCUT2D eigenvalue weighted by molar-refractivity contribution is 0.0603. The number of aliphatic hydroxyl groups excluding tert-OH is 1. The second-order valence-electron chi connectivity index (χ2n) is 4.86. The highest BCUT2D eigenvalue weighted by molar-refractivity contribution is 6.35. The van der Waals surface area contributed by atoms with E-state index in [4.69, 9.17) is 16.0 Å². The first kappa shape index (κ1) is 15.3. The van der Waals surface area contributed by atoms with Gasteiger partial charge in [0.2, 0.25) is 5.43 Å². The van der Waals surface area contributed by atoms with E-state index in [1.807, 2.05) is 0 Å². The van der Waals surface area contributed by atoms with Gasteiger partial charge in [-0.05, 0) is 29.8 Å². The van der Waals surface area contributed by atoms with Crippen LogP contribution in [0, 0.1) is 0 Å². The lowest BCUT2D eigenvalue weighted by Gasteiger charge is -2.09. The Morgan fingerprint density at radius 2 is 2.00 bits per heavy atom. The number of hydrogen-bond acceptors (Lipinski definition) is 6. The standard InChI is InChI=1S/C16H11ClO6/c1-22-16(21)12-8(17)2-3-10-14(12)15(20)13-9(19)4-7(6-18)5-11(13)23-10/h2-5,18-19H,6H2,1H3. The SMILES string of the molecule is COC(=O)c1c(Cl)ccc2oc3cc(CO)cc(O)c3c(=O)c12. The van der Waals surface area contributed by atoms with E-state index in [9.17, 15) is 19.8 Å². The molecule has 0 amide bonds. The Labute approximate surface area is 134 Å². The summed E-state index contributed by atoms with van der Waals surface area (Å²) in [5.74, 6) is -1.13. The highest BCUT2D eigenvalue weighted by atomic mass is 35.5. The fourth-order valence-electron chi connectivity index (χ4n) is 2.47. The van der Waals surface area contributed by atoms with E-state index in [-0.39, 0.29) is 44.9 Å². The second kappa shape index (κ2) is 5.57. The van der Waals surface area contributed by atoms with Crippen LogP contribution in [0.15, 0.2) is 33.5 Å². The van der Waals surface area contributed by atoms with E-state index in [0.717, 1.165) is 0 Å². The lowest BCUT2D eigenvalue weighted by Crippen LogP contribution is -2.11. The van der Waals surface area contributed by atoms with E-state index >= 15 is 0 Å². The molecule has 7 heteroatoms. The van der Waals surface area contributed by atoms with Crippen molar-refractivity contribution in [2.75, 3.05) is 7.11 Å². The first-order chi connectivity index (χ1) is 11.0. The molecule has 0 fully saturated rings. The summed E-state index contributed by atoms with van der Waals surface area (Å²) in [5, 5.41) is 19.1. The summed E-state index contributed by atoms with van der Waals surface area (Å²) >= 11 is 6.01. The normalized spacial score (nSPS) is 11.1. The first-order valence-electron chi connectivity index (χ1n) is 6.58. The van der Waals surface area contributed by atoms with Crippen molar-refractivity contribution in [1.29, 1.82) is 0 Å². The maximum atomic E-state index is 12.8. The zero-order valence-corrected chi connectivity index (χ0v) is 12.7. The highest BCUT2D eigenvalue weighted by Gasteiger charge is 2.22. The van der Waals surface area contributed by atoms with Gasteiger partial charge in [-0.25, -0.2) is 4.79 Å². The van der Waals surface area contributed by atoms with E-state index in [1.54, 1.807) is 0 Å². The quantitative estimate of drug-likeness (QED) is 0.552. The number of rotatable bonds is 2. The fraction of sp³-hybridized carbons (Fsp3) is 0.125. The van der Waals surface area contributed by atoms with Gasteiger partial charge in [-0.2, -0.15) is 0 Å². The van der Waals surface area contributed by atoms with E-state index in [2.05, 4.69) is 4.74 Å². The molecule has 0 saturated heterocycles. The molecule has 0 atom stereocenters. The van der Waals surface area contributed by atoms with Gasteiger partial charge in [-0.3, -0.25) is 4.79 Å². The van der Waals surface area contributed by atoms with Crippen LogP contribution in [0.25, 0.3) is 21.9 Å². The summed E-state index contributed by atoms with van der Waals surface area (Å²) in [6.45, 7) is -0.320. The summed E-state index contributed by atoms with van der Waals surface area (Å²) in [7, 11) is 1.17. The molecule has 0 spiro atoms. The van der Waals surface area contributed by atoms with Crippen molar-refractivity contribution in [3.8, 4) is 5.75 Å². The molecule has 0 bridgehead atoms. The van der Waals surface area contributed by atoms with Crippen LogP contribution in [-0.2, 0) is 11.3 Å². The number of methoxy groups -OCH3 is 1. The third kappa shape index (κ3) is 2.32. The Bertz CT molecular complexity index is 1010. The van der Waals surface area contributed by atoms with Crippen molar-refractivity contribution in [2.45, 2.75) is 6.61 Å². The molecule has 0 aliphatic carbocycles. The Morgan fingerprint density at radius 3 is 2.65 bits per heavy atom. The molecular formula is C16H11ClO6. The van der Waals surface area contributed by atoms with Crippen molar-refractivity contribution >= 4 is 39.5 Å². The Hall–Kier alpha value is -2.57. The zero-order chi connectivity index (χ0) is 16.7. The topological polar surface area (TPSA) is 97.0 Å². The maximum absolute atomic E-state index is 12.8. The van der Waals surface area contributed by atoms with Gasteiger partial charge in [0.05, 0.1) is 29.7 Å². The predicted octanol–water partition coefficient (Wildman–Crippen LogP) is 2.58. The molecule has 0 unspecified atom stereocenters. The van der Waals surface area contributed by atoms with Gasteiger partial charge >= 0.3 is 5.97 Å². The average molecular weight is 335 g/mol. The van der Waals surface area contributed by atoms with E-state index < -0.39 is 11.4 Å². The molecule has 0 saturated carbocycles. The third-order valence-corrected chi connectivity index (χ3v) is 3.82. The van der Waals surface area contributed by atoms with Gasteiger partial charge < -0.3 is 19.4 Å². The number of phenols is 1. The van der Waals surface area contributed by atoms with Crippen LogP contribution in [0.3, 0.4) is 0 Å². The fourth-order valence-corrected chi connectivity index (χ4v) is 2.70. The van der Waals surface area contributed by atoms with Gasteiger partial charge in [0, 0.05) is 0 Å². The predicted molar refractivity (Wildman–Crippen MR) is 83.9 cm³/mol. The molecule has 6 nitrogen and oxygen atoms in total. The first-order valence-corrected chi connectivity index (χ1v) is 6.95. The number of halogens is 1. The van der Waals surface area contributed by atoms with Crippen molar-refractivity contribution in [3.05, 3.63) is 50.6 Å². The van der Waals surface area contributed by atoms with Crippen LogP contribution < -0.4 is 5.43 Å². The molecule has 1 heterocycles. The zero-order valence-electron chi connectivity index (χ0n) is 11.9. The minimum atomic E-state index is -0.779. The van der Waals surface area contributed by atoms with Crippen molar-refractivity contribution in [1.82, 2.24) is 0 Å². The number of fused-ring (bicyclic) bond motifs is 2. The number of esters is 1. The molecule has 2 aromatic carbocycles. The molecule has 0 radical (unpaired) electrons. The van der Waals surface area contributed by atoms with Gasteiger partial charge in [0.25, 0.3) is 0 Å². The van der Waals surface area contributed by atoms with Crippen molar-refractivity contribution in [3.63, 3.8) is 0 Å². The number of aromatic hydroxyl groups is 1. The Kier molecular flexibility index (Phi) is 3.71. The molecular weight excluding hydrogens is 324 g/mol. The van der Waals surface area contributed by atoms with Crippen LogP contribution >= 0.6 is 11.6 Å². The van der Waals surface area contributed by atoms with Crippen LogP contribution in [0.4, 0.5) is 0 Å². The maximum Gasteiger partial charge on any atom is 0.340 e. The summed E-state index contributed by atoms with van der Waals surface area (Å²) in [6, 6.07) is 5.57. The second-order valence-corrected chi connectivity index (χ2v) is 5.27. The summed E-state index contributed by atoms with van der Waals surface area (Å²) in [6.07, 6.45) is 0. The third-order valence-electron chi connectivity index (χ3n) is 3.50. The minimum Gasteiger partial charge on any atom is -0.507 e. The number of benzene rings is 2. The summed E-state index contributed by atoms with van der Waals surface area (Å²) in [4.78, 5) is 24.7. The minimum absolute atomic E-state index is 0.0440. The van der Waals surface area contributed by atoms with E-state index in [0.29, 0.717) is 5.56 Å². The lowest BCUT2D eigenvalue weighted by atomic mass is 10.0. The van der Waals surface area contributed by atoms with Crippen LogP contribution in [-0.4, -0.2) is 23.3 Å². The number of hydrogen-bond donors (Lipinski definition) is 2. The monoisotopic (exact) mass is 334 g/mol. The number of phenolic OH excluding ortho intramolecular Hbond substituents is 1.